The summed E-state index contributed by atoms with van der Waals surface area (Å²) in [5, 5.41) is 8.32. The van der Waals surface area contributed by atoms with Crippen molar-refractivity contribution in [1.29, 1.82) is 0 Å². The van der Waals surface area contributed by atoms with Crippen LogP contribution in [-0.2, 0) is 11.3 Å². The second kappa shape index (κ2) is 9.19. The topological polar surface area (TPSA) is 48.9 Å². The molecule has 1 spiro atoms. The van der Waals surface area contributed by atoms with Gasteiger partial charge in [-0.05, 0) is 61.4 Å². The Balaban J connectivity index is 1.31. The number of amidine groups is 1. The molecule has 0 unspecified atom stereocenters. The standard InChI is InChI=1S/C25H31ClN4O/c26-21-5-3-4-20(16-21)17-27-24-25(29-23-7-2-1-6-22(23)28-24)10-8-19(9-11-25)18-30-12-14-31-15-13-30/h1-7,16,19,29H,8-15,17-18H2,(H,27,28). The van der Waals surface area contributed by atoms with Crippen molar-refractivity contribution in [1.82, 2.24) is 10.2 Å². The van der Waals surface area contributed by atoms with Crippen molar-refractivity contribution in [2.75, 3.05) is 38.2 Å². The van der Waals surface area contributed by atoms with Crippen LogP contribution in [0.3, 0.4) is 0 Å². The molecule has 2 aliphatic heterocycles. The Bertz CT molecular complexity index is 933. The van der Waals surface area contributed by atoms with Gasteiger partial charge in [-0.3, -0.25) is 4.90 Å². The summed E-state index contributed by atoms with van der Waals surface area (Å²) in [4.78, 5) is 7.66. The number of ether oxygens (including phenoxy) is 1. The van der Waals surface area contributed by atoms with Crippen LogP contribution in [0.5, 0.6) is 0 Å². The predicted molar refractivity (Wildman–Crippen MR) is 127 cm³/mol. The van der Waals surface area contributed by atoms with Crippen LogP contribution < -0.4 is 10.6 Å². The van der Waals surface area contributed by atoms with E-state index in [1.165, 1.54) is 24.9 Å². The fourth-order valence-corrected chi connectivity index (χ4v) is 5.34. The number of nitrogens with zero attached hydrogens (tertiary/aromatic N) is 2. The Labute approximate surface area is 189 Å². The highest BCUT2D eigenvalue weighted by Crippen LogP contribution is 2.42. The molecule has 5 rings (SSSR count). The number of hydrogen-bond acceptors (Lipinski definition) is 5. The first-order valence-corrected chi connectivity index (χ1v) is 11.8. The fourth-order valence-electron chi connectivity index (χ4n) is 5.13. The maximum absolute atomic E-state index is 6.19. The van der Waals surface area contributed by atoms with Gasteiger partial charge in [0.25, 0.3) is 0 Å². The quantitative estimate of drug-likeness (QED) is 0.716. The zero-order valence-electron chi connectivity index (χ0n) is 17.9. The summed E-state index contributed by atoms with van der Waals surface area (Å²) in [5.74, 6) is 1.81. The van der Waals surface area contributed by atoms with Gasteiger partial charge in [0.1, 0.15) is 5.84 Å². The first-order chi connectivity index (χ1) is 15.2. The minimum absolute atomic E-state index is 0.117. The lowest BCUT2D eigenvalue weighted by molar-refractivity contribution is 0.0270. The van der Waals surface area contributed by atoms with Crippen LogP contribution in [0.4, 0.5) is 11.4 Å². The molecule has 0 atom stereocenters. The molecule has 2 heterocycles. The van der Waals surface area contributed by atoms with Gasteiger partial charge in [-0.2, -0.15) is 0 Å². The molecule has 2 N–H and O–H groups in total. The molecule has 1 saturated carbocycles. The van der Waals surface area contributed by atoms with Gasteiger partial charge in [0.15, 0.2) is 0 Å². The number of hydrogen-bond donors (Lipinski definition) is 2. The molecule has 0 radical (unpaired) electrons. The molecule has 2 fully saturated rings. The highest BCUT2D eigenvalue weighted by Gasteiger charge is 2.42. The first-order valence-electron chi connectivity index (χ1n) is 11.4. The normalized spacial score (nSPS) is 26.1. The molecule has 6 heteroatoms. The average Bonchev–Trinajstić information content (AvgIpc) is 2.80. The van der Waals surface area contributed by atoms with E-state index < -0.39 is 0 Å². The Morgan fingerprint density at radius 3 is 2.71 bits per heavy atom. The number of rotatable bonds is 4. The molecular formula is C25H31ClN4O. The third-order valence-corrected chi connectivity index (χ3v) is 7.13. The summed E-state index contributed by atoms with van der Waals surface area (Å²) in [6.07, 6.45) is 4.62. The summed E-state index contributed by atoms with van der Waals surface area (Å²) in [6, 6.07) is 16.4. The summed E-state index contributed by atoms with van der Waals surface area (Å²) in [7, 11) is 0. The second-order valence-corrected chi connectivity index (χ2v) is 9.46. The van der Waals surface area contributed by atoms with Crippen molar-refractivity contribution in [3.8, 4) is 0 Å². The minimum atomic E-state index is -0.117. The van der Waals surface area contributed by atoms with Gasteiger partial charge in [0, 0.05) is 31.2 Å². The lowest BCUT2D eigenvalue weighted by Crippen LogP contribution is -2.56. The van der Waals surface area contributed by atoms with E-state index in [9.17, 15) is 0 Å². The lowest BCUT2D eigenvalue weighted by Gasteiger charge is -2.45. The highest BCUT2D eigenvalue weighted by molar-refractivity contribution is 6.30. The van der Waals surface area contributed by atoms with Crippen LogP contribution in [0.1, 0.15) is 31.2 Å². The number of para-hydroxylation sites is 2. The number of aliphatic imine (C=N–C) groups is 1. The second-order valence-electron chi connectivity index (χ2n) is 9.02. The zero-order chi connectivity index (χ0) is 21.1. The van der Waals surface area contributed by atoms with E-state index in [1.54, 1.807) is 0 Å². The molecule has 5 nitrogen and oxygen atoms in total. The van der Waals surface area contributed by atoms with Crippen molar-refractivity contribution in [3.63, 3.8) is 0 Å². The van der Waals surface area contributed by atoms with E-state index in [0.717, 1.165) is 73.8 Å². The number of anilines is 1. The van der Waals surface area contributed by atoms with E-state index in [-0.39, 0.29) is 5.54 Å². The SMILES string of the molecule is Clc1cccc(CNC2=Nc3ccccc3NC23CCC(CN2CCOCC2)CC3)c1. The van der Waals surface area contributed by atoms with Crippen molar-refractivity contribution in [2.45, 2.75) is 37.8 Å². The van der Waals surface area contributed by atoms with Crippen LogP contribution in [0.25, 0.3) is 0 Å². The Kier molecular flexibility index (Phi) is 6.17. The molecule has 2 aromatic rings. The molecule has 0 bridgehead atoms. The minimum Gasteiger partial charge on any atom is -0.379 e. The van der Waals surface area contributed by atoms with E-state index in [0.29, 0.717) is 0 Å². The Hall–Kier alpha value is -2.08. The van der Waals surface area contributed by atoms with Crippen molar-refractivity contribution in [3.05, 3.63) is 59.1 Å². The molecule has 164 valence electrons. The molecule has 31 heavy (non-hydrogen) atoms. The summed E-state index contributed by atoms with van der Waals surface area (Å²) in [6.45, 7) is 5.81. The van der Waals surface area contributed by atoms with Crippen molar-refractivity contribution in [2.24, 2.45) is 10.9 Å². The Morgan fingerprint density at radius 1 is 1.10 bits per heavy atom. The van der Waals surface area contributed by atoms with Gasteiger partial charge in [0.2, 0.25) is 0 Å². The van der Waals surface area contributed by atoms with Crippen molar-refractivity contribution >= 4 is 28.8 Å². The van der Waals surface area contributed by atoms with Crippen LogP contribution >= 0.6 is 11.6 Å². The largest absolute Gasteiger partial charge is 0.379 e. The zero-order valence-corrected chi connectivity index (χ0v) is 18.7. The van der Waals surface area contributed by atoms with Gasteiger partial charge >= 0.3 is 0 Å². The molecule has 0 amide bonds. The van der Waals surface area contributed by atoms with E-state index >= 15 is 0 Å². The monoisotopic (exact) mass is 438 g/mol. The number of fused-ring (bicyclic) bond motifs is 1. The molecular weight excluding hydrogens is 408 g/mol. The molecule has 3 aliphatic rings. The van der Waals surface area contributed by atoms with Gasteiger partial charge < -0.3 is 15.4 Å². The molecule has 1 aliphatic carbocycles. The van der Waals surface area contributed by atoms with Crippen LogP contribution in [0.2, 0.25) is 5.02 Å². The number of halogens is 1. The third-order valence-electron chi connectivity index (χ3n) is 6.89. The summed E-state index contributed by atoms with van der Waals surface area (Å²) >= 11 is 6.19. The molecule has 0 aromatic heterocycles. The van der Waals surface area contributed by atoms with Crippen molar-refractivity contribution < 1.29 is 4.74 Å². The summed E-state index contributed by atoms with van der Waals surface area (Å²) < 4.78 is 5.51. The van der Waals surface area contributed by atoms with E-state index in [1.807, 2.05) is 18.2 Å². The van der Waals surface area contributed by atoms with Gasteiger partial charge in [0.05, 0.1) is 30.1 Å². The number of morpholine rings is 1. The van der Waals surface area contributed by atoms with Gasteiger partial charge in [-0.15, -0.1) is 0 Å². The van der Waals surface area contributed by atoms with Crippen LogP contribution in [0.15, 0.2) is 53.5 Å². The van der Waals surface area contributed by atoms with Crippen LogP contribution in [0, 0.1) is 5.92 Å². The maximum atomic E-state index is 6.19. The first kappa shape index (κ1) is 20.8. The third kappa shape index (κ3) is 4.74. The smallest absolute Gasteiger partial charge is 0.128 e. The Morgan fingerprint density at radius 2 is 1.90 bits per heavy atom. The van der Waals surface area contributed by atoms with Crippen LogP contribution in [-0.4, -0.2) is 49.1 Å². The number of benzene rings is 2. The molecule has 1 saturated heterocycles. The predicted octanol–water partition coefficient (Wildman–Crippen LogP) is 4.85. The lowest BCUT2D eigenvalue weighted by atomic mass is 9.74. The highest BCUT2D eigenvalue weighted by atomic mass is 35.5. The van der Waals surface area contributed by atoms with Gasteiger partial charge in [-0.25, -0.2) is 4.99 Å². The maximum Gasteiger partial charge on any atom is 0.128 e. The van der Waals surface area contributed by atoms with Gasteiger partial charge in [-0.1, -0.05) is 35.9 Å². The molecule has 2 aromatic carbocycles. The summed E-state index contributed by atoms with van der Waals surface area (Å²) in [5.41, 5.74) is 3.21. The fraction of sp³-hybridized carbons (Fsp3) is 0.480. The average molecular weight is 439 g/mol. The number of nitrogens with one attached hydrogen (secondary N) is 2. The van der Waals surface area contributed by atoms with E-state index in [2.05, 4.69) is 45.9 Å². The van der Waals surface area contributed by atoms with E-state index in [4.69, 9.17) is 21.3 Å².